The predicted molar refractivity (Wildman–Crippen MR) is 61.9 cm³/mol. The first-order valence-electron chi connectivity index (χ1n) is 5.74. The first-order chi connectivity index (χ1) is 8.28. The Kier molecular flexibility index (Phi) is 3.08. The lowest BCUT2D eigenvalue weighted by Crippen LogP contribution is -2.33. The maximum atomic E-state index is 12.5. The highest BCUT2D eigenvalue weighted by Crippen LogP contribution is 2.40. The van der Waals surface area contributed by atoms with Crippen LogP contribution in [0.5, 0.6) is 0 Å². The smallest absolute Gasteiger partial charge is 0.369 e. The molecule has 0 unspecified atom stereocenters. The molecule has 1 aliphatic rings. The zero-order valence-corrected chi connectivity index (χ0v) is 10.0. The Balaban J connectivity index is 2.10. The van der Waals surface area contributed by atoms with Gasteiger partial charge in [-0.2, -0.15) is 18.2 Å². The quantitative estimate of drug-likeness (QED) is 0.877. The number of hydrogen-bond acceptors (Lipinski definition) is 4. The second kappa shape index (κ2) is 4.29. The van der Waals surface area contributed by atoms with E-state index < -0.39 is 11.9 Å². The maximum Gasteiger partial charge on any atom is 0.433 e. The molecular weight excluding hydrogens is 245 g/mol. The van der Waals surface area contributed by atoms with Crippen LogP contribution in [0.15, 0.2) is 6.07 Å². The number of hydrogen-bond donors (Lipinski definition) is 2. The highest BCUT2D eigenvalue weighted by Gasteiger charge is 2.34. The van der Waals surface area contributed by atoms with E-state index in [4.69, 9.17) is 5.73 Å². The molecule has 1 aromatic rings. The molecule has 7 heteroatoms. The normalized spacial score (nSPS) is 18.2. The number of nitrogens with one attached hydrogen (secondary N) is 1. The molecule has 1 heterocycles. The van der Waals surface area contributed by atoms with E-state index in [1.807, 2.05) is 0 Å². The second-order valence-corrected chi connectivity index (χ2v) is 5.01. The van der Waals surface area contributed by atoms with E-state index in [2.05, 4.69) is 22.2 Å². The van der Waals surface area contributed by atoms with Gasteiger partial charge in [0.25, 0.3) is 0 Å². The van der Waals surface area contributed by atoms with Crippen molar-refractivity contribution in [1.29, 1.82) is 0 Å². The fraction of sp³-hybridized carbons (Fsp3) is 0.636. The molecule has 18 heavy (non-hydrogen) atoms. The Hall–Kier alpha value is -1.53. The number of nitrogens with zero attached hydrogens (tertiary/aromatic N) is 2. The zero-order valence-electron chi connectivity index (χ0n) is 10.0. The van der Waals surface area contributed by atoms with Gasteiger partial charge in [0.2, 0.25) is 5.95 Å². The fourth-order valence-corrected chi connectivity index (χ4v) is 1.96. The molecule has 0 aromatic carbocycles. The van der Waals surface area contributed by atoms with Gasteiger partial charge in [-0.15, -0.1) is 0 Å². The van der Waals surface area contributed by atoms with Gasteiger partial charge in [-0.3, -0.25) is 0 Å². The molecule has 3 N–H and O–H groups in total. The van der Waals surface area contributed by atoms with Crippen LogP contribution in [-0.2, 0) is 6.18 Å². The lowest BCUT2D eigenvalue weighted by molar-refractivity contribution is -0.141. The molecule has 0 spiro atoms. The predicted octanol–water partition coefficient (Wildman–Crippen LogP) is 2.68. The van der Waals surface area contributed by atoms with Crippen LogP contribution < -0.4 is 11.1 Å². The van der Waals surface area contributed by atoms with Gasteiger partial charge < -0.3 is 11.1 Å². The molecule has 1 aromatic heterocycles. The summed E-state index contributed by atoms with van der Waals surface area (Å²) in [5, 5.41) is 2.91. The topological polar surface area (TPSA) is 63.8 Å². The third-order valence-electron chi connectivity index (χ3n) is 3.29. The minimum Gasteiger partial charge on any atom is -0.369 e. The van der Waals surface area contributed by atoms with E-state index in [-0.39, 0.29) is 17.2 Å². The van der Waals surface area contributed by atoms with Crippen LogP contribution in [0.25, 0.3) is 0 Å². The van der Waals surface area contributed by atoms with Crippen molar-refractivity contribution < 1.29 is 13.2 Å². The number of rotatable bonds is 3. The van der Waals surface area contributed by atoms with Gasteiger partial charge in [0.05, 0.1) is 0 Å². The van der Waals surface area contributed by atoms with Crippen molar-refractivity contribution in [3.05, 3.63) is 11.8 Å². The third-order valence-corrected chi connectivity index (χ3v) is 3.29. The first-order valence-corrected chi connectivity index (χ1v) is 5.74. The Morgan fingerprint density at radius 3 is 2.56 bits per heavy atom. The average Bonchev–Trinajstić information content (AvgIpc) is 2.22. The van der Waals surface area contributed by atoms with E-state index in [0.717, 1.165) is 25.3 Å². The summed E-state index contributed by atoms with van der Waals surface area (Å²) in [4.78, 5) is 6.95. The lowest BCUT2D eigenvalue weighted by atomic mass is 9.70. The summed E-state index contributed by atoms with van der Waals surface area (Å²) in [6, 6.07) is 0.887. The number of aromatic nitrogens is 2. The van der Waals surface area contributed by atoms with Crippen LogP contribution in [-0.4, -0.2) is 16.5 Å². The average molecular weight is 260 g/mol. The lowest BCUT2D eigenvalue weighted by Gasteiger charge is -2.38. The van der Waals surface area contributed by atoms with Gasteiger partial charge in [-0.1, -0.05) is 13.3 Å². The number of halogens is 3. The number of alkyl halides is 3. The van der Waals surface area contributed by atoms with E-state index in [1.54, 1.807) is 0 Å². The largest absolute Gasteiger partial charge is 0.433 e. The van der Waals surface area contributed by atoms with Gasteiger partial charge in [-0.25, -0.2) is 4.98 Å². The number of nitrogen functional groups attached to an aromatic ring is 1. The summed E-state index contributed by atoms with van der Waals surface area (Å²) in [5.74, 6) is -0.242. The summed E-state index contributed by atoms with van der Waals surface area (Å²) in [6.07, 6.45) is -1.19. The van der Waals surface area contributed by atoms with Gasteiger partial charge in [0.15, 0.2) is 5.69 Å². The third kappa shape index (κ3) is 2.83. The van der Waals surface area contributed by atoms with Crippen molar-refractivity contribution >= 4 is 11.8 Å². The van der Waals surface area contributed by atoms with Crippen LogP contribution in [0, 0.1) is 5.41 Å². The monoisotopic (exact) mass is 260 g/mol. The van der Waals surface area contributed by atoms with Crippen LogP contribution >= 0.6 is 0 Å². The molecule has 0 radical (unpaired) electrons. The van der Waals surface area contributed by atoms with Crippen LogP contribution in [0.1, 0.15) is 31.9 Å². The van der Waals surface area contributed by atoms with E-state index in [1.165, 1.54) is 0 Å². The Labute approximate surface area is 103 Å². The first kappa shape index (κ1) is 12.9. The minimum absolute atomic E-state index is 0.128. The van der Waals surface area contributed by atoms with E-state index in [0.29, 0.717) is 6.54 Å². The van der Waals surface area contributed by atoms with Crippen molar-refractivity contribution in [3.8, 4) is 0 Å². The standard InChI is InChI=1S/C11H15F3N4/c1-10(3-2-4-10)6-16-8-5-7(11(12,13)14)17-9(15)18-8/h5H,2-4,6H2,1H3,(H3,15,16,17,18). The van der Waals surface area contributed by atoms with Gasteiger partial charge in [0.1, 0.15) is 5.82 Å². The molecule has 2 rings (SSSR count). The molecule has 0 atom stereocenters. The van der Waals surface area contributed by atoms with Crippen LogP contribution in [0.4, 0.5) is 24.9 Å². The molecule has 1 saturated carbocycles. The summed E-state index contributed by atoms with van der Waals surface area (Å²) < 4.78 is 37.6. The highest BCUT2D eigenvalue weighted by molar-refractivity contribution is 5.41. The molecule has 0 saturated heterocycles. The second-order valence-electron chi connectivity index (χ2n) is 5.01. The molecule has 100 valence electrons. The van der Waals surface area contributed by atoms with E-state index in [9.17, 15) is 13.2 Å². The Bertz CT molecular complexity index is 440. The van der Waals surface area contributed by atoms with Crippen molar-refractivity contribution in [3.63, 3.8) is 0 Å². The SMILES string of the molecule is CC1(CNc2cc(C(F)(F)F)nc(N)n2)CCC1. The molecule has 4 nitrogen and oxygen atoms in total. The zero-order chi connectivity index (χ0) is 13.4. The maximum absolute atomic E-state index is 12.5. The van der Waals surface area contributed by atoms with Crippen molar-refractivity contribution in [1.82, 2.24) is 9.97 Å². The summed E-state index contributed by atoms with van der Waals surface area (Å²) in [6.45, 7) is 2.69. The number of nitrogens with two attached hydrogens (primary N) is 1. The summed E-state index contributed by atoms with van der Waals surface area (Å²) >= 11 is 0. The van der Waals surface area contributed by atoms with Crippen molar-refractivity contribution in [2.75, 3.05) is 17.6 Å². The molecular formula is C11H15F3N4. The Morgan fingerprint density at radius 1 is 1.39 bits per heavy atom. The van der Waals surface area contributed by atoms with Crippen molar-refractivity contribution in [2.45, 2.75) is 32.4 Å². The Morgan fingerprint density at radius 2 is 2.06 bits per heavy atom. The summed E-state index contributed by atoms with van der Waals surface area (Å²) in [7, 11) is 0. The molecule has 0 bridgehead atoms. The fourth-order valence-electron chi connectivity index (χ4n) is 1.96. The van der Waals surface area contributed by atoms with Crippen LogP contribution in [0.2, 0.25) is 0 Å². The minimum atomic E-state index is -4.51. The molecule has 0 aliphatic heterocycles. The molecule has 1 aliphatic carbocycles. The number of anilines is 2. The highest BCUT2D eigenvalue weighted by atomic mass is 19.4. The van der Waals surface area contributed by atoms with Gasteiger partial charge in [-0.05, 0) is 18.3 Å². The van der Waals surface area contributed by atoms with Crippen LogP contribution in [0.3, 0.4) is 0 Å². The van der Waals surface area contributed by atoms with E-state index >= 15 is 0 Å². The molecule has 1 fully saturated rings. The van der Waals surface area contributed by atoms with Gasteiger partial charge in [0, 0.05) is 12.6 Å². The van der Waals surface area contributed by atoms with Crippen molar-refractivity contribution in [2.24, 2.45) is 5.41 Å². The molecule has 0 amide bonds. The summed E-state index contributed by atoms with van der Waals surface area (Å²) in [5.41, 5.74) is 4.41. The van der Waals surface area contributed by atoms with Gasteiger partial charge >= 0.3 is 6.18 Å².